The minimum Gasteiger partial charge on any atom is -0.349 e. The summed E-state index contributed by atoms with van der Waals surface area (Å²) in [5.74, 6) is 0.284. The summed E-state index contributed by atoms with van der Waals surface area (Å²) in [6.07, 6.45) is 6.19. The highest BCUT2D eigenvalue weighted by Gasteiger charge is 2.28. The van der Waals surface area contributed by atoms with Crippen molar-refractivity contribution >= 4 is 16.9 Å². The molecule has 0 saturated carbocycles. The van der Waals surface area contributed by atoms with Gasteiger partial charge in [-0.05, 0) is 36.1 Å². The highest BCUT2D eigenvalue weighted by Crippen LogP contribution is 2.20. The summed E-state index contributed by atoms with van der Waals surface area (Å²) in [7, 11) is 0. The Balaban J connectivity index is 1.21. The number of aromatic nitrogens is 4. The van der Waals surface area contributed by atoms with E-state index in [4.69, 9.17) is 0 Å². The van der Waals surface area contributed by atoms with Gasteiger partial charge in [0, 0.05) is 43.5 Å². The van der Waals surface area contributed by atoms with Gasteiger partial charge in [-0.2, -0.15) is 5.10 Å². The molecular weight excluding hydrogens is 412 g/mol. The molecule has 1 fully saturated rings. The number of fused-ring (bicyclic) bond motifs is 1. The van der Waals surface area contributed by atoms with Crippen LogP contribution >= 0.6 is 0 Å². The van der Waals surface area contributed by atoms with Crippen LogP contribution in [0.15, 0.2) is 73.2 Å². The Bertz CT molecular complexity index is 1220. The summed E-state index contributed by atoms with van der Waals surface area (Å²) in [5, 5.41) is 8.58. The Morgan fingerprint density at radius 2 is 1.91 bits per heavy atom. The monoisotopic (exact) mass is 440 g/mol. The van der Waals surface area contributed by atoms with Gasteiger partial charge < -0.3 is 5.32 Å². The molecule has 33 heavy (non-hydrogen) atoms. The third-order valence-electron chi connectivity index (χ3n) is 6.33. The van der Waals surface area contributed by atoms with Crippen LogP contribution in [0.5, 0.6) is 0 Å². The van der Waals surface area contributed by atoms with Gasteiger partial charge in [0.1, 0.15) is 0 Å². The molecule has 0 spiro atoms. The quantitative estimate of drug-likeness (QED) is 0.497. The van der Waals surface area contributed by atoms with Gasteiger partial charge in [0.05, 0.1) is 24.0 Å². The van der Waals surface area contributed by atoms with Crippen molar-refractivity contribution in [2.75, 3.05) is 13.1 Å². The van der Waals surface area contributed by atoms with E-state index >= 15 is 0 Å². The van der Waals surface area contributed by atoms with Crippen molar-refractivity contribution in [3.8, 4) is 0 Å². The fourth-order valence-corrected chi connectivity index (χ4v) is 4.53. The average molecular weight is 441 g/mol. The van der Waals surface area contributed by atoms with Gasteiger partial charge in [0.15, 0.2) is 5.65 Å². The summed E-state index contributed by atoms with van der Waals surface area (Å²) in [4.78, 5) is 24.4. The van der Waals surface area contributed by atoms with Crippen molar-refractivity contribution in [1.29, 1.82) is 0 Å². The zero-order chi connectivity index (χ0) is 22.6. The van der Waals surface area contributed by atoms with Crippen LogP contribution in [0.3, 0.4) is 0 Å². The van der Waals surface area contributed by atoms with Gasteiger partial charge in [-0.1, -0.05) is 43.3 Å². The fraction of sp³-hybridized carbons (Fsp3) is 0.308. The molecule has 2 atom stereocenters. The third kappa shape index (κ3) is 4.93. The van der Waals surface area contributed by atoms with Crippen molar-refractivity contribution in [3.05, 3.63) is 90.0 Å². The van der Waals surface area contributed by atoms with E-state index in [1.807, 2.05) is 47.3 Å². The van der Waals surface area contributed by atoms with Crippen molar-refractivity contribution in [3.63, 3.8) is 0 Å². The molecule has 5 rings (SSSR count). The second kappa shape index (κ2) is 9.50. The molecule has 0 bridgehead atoms. The highest BCUT2D eigenvalue weighted by atomic mass is 16.1. The molecule has 7 nitrogen and oxygen atoms in total. The fourth-order valence-electron chi connectivity index (χ4n) is 4.53. The number of nitrogens with zero attached hydrogens (tertiary/aromatic N) is 5. The lowest BCUT2D eigenvalue weighted by Crippen LogP contribution is -2.49. The zero-order valence-electron chi connectivity index (χ0n) is 18.8. The largest absolute Gasteiger partial charge is 0.349 e. The molecule has 1 N–H and O–H groups in total. The second-order valence-electron chi connectivity index (χ2n) is 8.83. The second-order valence-corrected chi connectivity index (χ2v) is 8.83. The SMILES string of the molecule is CC1CN(Cc2ccccn2)CCC1NC(=O)c1cnc2c(cnn2Cc2ccccc2)c1. The number of benzene rings is 1. The van der Waals surface area contributed by atoms with Crippen LogP contribution in [-0.2, 0) is 13.1 Å². The predicted molar refractivity (Wildman–Crippen MR) is 128 cm³/mol. The molecule has 0 aliphatic carbocycles. The maximum absolute atomic E-state index is 13.0. The molecule has 0 radical (unpaired) electrons. The van der Waals surface area contributed by atoms with Crippen LogP contribution < -0.4 is 5.32 Å². The number of hydrogen-bond acceptors (Lipinski definition) is 5. The smallest absolute Gasteiger partial charge is 0.253 e. The van der Waals surface area contributed by atoms with Crippen LogP contribution in [0.1, 0.15) is 35.0 Å². The minimum atomic E-state index is -0.0739. The van der Waals surface area contributed by atoms with E-state index in [-0.39, 0.29) is 11.9 Å². The van der Waals surface area contributed by atoms with Gasteiger partial charge >= 0.3 is 0 Å². The van der Waals surface area contributed by atoms with E-state index in [2.05, 4.69) is 50.4 Å². The third-order valence-corrected chi connectivity index (χ3v) is 6.33. The van der Waals surface area contributed by atoms with Gasteiger partial charge in [0.2, 0.25) is 0 Å². The Kier molecular flexibility index (Phi) is 6.13. The summed E-state index contributed by atoms with van der Waals surface area (Å²) >= 11 is 0. The molecule has 1 aliphatic heterocycles. The zero-order valence-corrected chi connectivity index (χ0v) is 18.8. The predicted octanol–water partition coefficient (Wildman–Crippen LogP) is 3.52. The van der Waals surface area contributed by atoms with E-state index in [1.54, 1.807) is 12.4 Å². The summed E-state index contributed by atoms with van der Waals surface area (Å²) < 4.78 is 1.87. The van der Waals surface area contributed by atoms with Gasteiger partial charge in [-0.25, -0.2) is 9.67 Å². The first-order chi connectivity index (χ1) is 16.2. The Morgan fingerprint density at radius 1 is 1.06 bits per heavy atom. The molecular formula is C26H28N6O. The van der Waals surface area contributed by atoms with Crippen molar-refractivity contribution in [2.45, 2.75) is 32.5 Å². The molecule has 3 aromatic heterocycles. The van der Waals surface area contributed by atoms with Gasteiger partial charge in [0.25, 0.3) is 5.91 Å². The van der Waals surface area contributed by atoms with Gasteiger partial charge in [-0.15, -0.1) is 0 Å². The number of rotatable bonds is 6. The molecule has 1 aliphatic rings. The minimum absolute atomic E-state index is 0.0739. The Labute approximate surface area is 193 Å². The Hall–Kier alpha value is -3.58. The Morgan fingerprint density at radius 3 is 2.70 bits per heavy atom. The molecule has 4 aromatic rings. The molecule has 2 unspecified atom stereocenters. The molecule has 1 saturated heterocycles. The first-order valence-corrected chi connectivity index (χ1v) is 11.4. The summed E-state index contributed by atoms with van der Waals surface area (Å²) in [6, 6.07) is 18.2. The van der Waals surface area contributed by atoms with E-state index in [9.17, 15) is 4.79 Å². The highest BCUT2D eigenvalue weighted by molar-refractivity contribution is 5.97. The van der Waals surface area contributed by atoms with E-state index < -0.39 is 0 Å². The lowest BCUT2D eigenvalue weighted by molar-refractivity contribution is 0.0859. The maximum Gasteiger partial charge on any atom is 0.253 e. The molecule has 168 valence electrons. The topological polar surface area (TPSA) is 75.9 Å². The number of piperidine rings is 1. The maximum atomic E-state index is 13.0. The van der Waals surface area contributed by atoms with E-state index in [0.29, 0.717) is 18.0 Å². The summed E-state index contributed by atoms with van der Waals surface area (Å²) in [6.45, 7) is 5.57. The van der Waals surface area contributed by atoms with Crippen LogP contribution in [0.25, 0.3) is 11.0 Å². The number of carbonyl (C=O) groups excluding carboxylic acids is 1. The van der Waals surface area contributed by atoms with Crippen LogP contribution in [0, 0.1) is 5.92 Å². The number of hydrogen-bond donors (Lipinski definition) is 1. The van der Waals surface area contributed by atoms with Crippen molar-refractivity contribution in [1.82, 2.24) is 30.0 Å². The number of amides is 1. The molecule has 7 heteroatoms. The number of carbonyl (C=O) groups is 1. The number of pyridine rings is 2. The lowest BCUT2D eigenvalue weighted by atomic mass is 9.93. The van der Waals surface area contributed by atoms with Gasteiger partial charge in [-0.3, -0.25) is 14.7 Å². The normalized spacial score (nSPS) is 18.9. The van der Waals surface area contributed by atoms with Crippen LogP contribution in [0.2, 0.25) is 0 Å². The first-order valence-electron chi connectivity index (χ1n) is 11.4. The lowest BCUT2D eigenvalue weighted by Gasteiger charge is -2.37. The van der Waals surface area contributed by atoms with Crippen LogP contribution in [-0.4, -0.2) is 49.7 Å². The molecule has 4 heterocycles. The molecule has 1 amide bonds. The van der Waals surface area contributed by atoms with Crippen molar-refractivity contribution < 1.29 is 4.79 Å². The molecule has 1 aromatic carbocycles. The van der Waals surface area contributed by atoms with Crippen molar-refractivity contribution in [2.24, 2.45) is 5.92 Å². The average Bonchev–Trinajstić information content (AvgIpc) is 3.24. The number of nitrogens with one attached hydrogen (secondary N) is 1. The summed E-state index contributed by atoms with van der Waals surface area (Å²) in [5.41, 5.74) is 3.60. The van der Waals surface area contributed by atoms with Crippen LogP contribution in [0.4, 0.5) is 0 Å². The standard InChI is InChI=1S/C26H28N6O/c1-19-16-31(18-23-9-5-6-11-27-23)12-10-24(19)30-26(33)22-13-21-15-29-32(25(21)28-14-22)17-20-7-3-2-4-8-20/h2-9,11,13-15,19,24H,10,12,16-18H2,1H3,(H,30,33). The van der Waals surface area contributed by atoms with E-state index in [0.717, 1.165) is 48.3 Å². The van der Waals surface area contributed by atoms with E-state index in [1.165, 1.54) is 0 Å². The number of likely N-dealkylation sites (tertiary alicyclic amines) is 1. The first kappa shape index (κ1) is 21.3.